The molecule has 1 saturated carbocycles. The van der Waals surface area contributed by atoms with Crippen molar-refractivity contribution < 1.29 is 8.42 Å². The first-order valence-electron chi connectivity index (χ1n) is 7.19. The van der Waals surface area contributed by atoms with Crippen molar-refractivity contribution in [1.29, 1.82) is 0 Å². The zero-order chi connectivity index (χ0) is 15.5. The van der Waals surface area contributed by atoms with E-state index in [0.717, 1.165) is 34.9 Å². The molecule has 1 aromatic carbocycles. The molecule has 3 nitrogen and oxygen atoms in total. The van der Waals surface area contributed by atoms with Gasteiger partial charge in [-0.3, -0.25) is 0 Å². The lowest BCUT2D eigenvalue weighted by molar-refractivity contribution is 0.319. The Morgan fingerprint density at radius 2 is 2.00 bits per heavy atom. The molecule has 0 heterocycles. The molecule has 1 fully saturated rings. The summed E-state index contributed by atoms with van der Waals surface area (Å²) in [5.74, 6) is 1.11. The largest absolute Gasteiger partial charge is 0.327 e. The van der Waals surface area contributed by atoms with Crippen molar-refractivity contribution in [3.8, 4) is 0 Å². The van der Waals surface area contributed by atoms with Gasteiger partial charge in [-0.25, -0.2) is 8.42 Å². The van der Waals surface area contributed by atoms with Crippen molar-refractivity contribution in [1.82, 2.24) is 0 Å². The van der Waals surface area contributed by atoms with E-state index in [-0.39, 0.29) is 11.3 Å². The maximum atomic E-state index is 11.7. The van der Waals surface area contributed by atoms with E-state index in [4.69, 9.17) is 17.3 Å². The van der Waals surface area contributed by atoms with Gasteiger partial charge in [0.2, 0.25) is 0 Å². The molecule has 0 aliphatic heterocycles. The van der Waals surface area contributed by atoms with Gasteiger partial charge in [-0.15, -0.1) is 11.8 Å². The van der Waals surface area contributed by atoms with E-state index in [0.29, 0.717) is 12.3 Å². The smallest absolute Gasteiger partial charge is 0.150 e. The van der Waals surface area contributed by atoms with E-state index in [1.807, 2.05) is 24.3 Å². The summed E-state index contributed by atoms with van der Waals surface area (Å²) in [6.45, 7) is 0. The number of thioether (sulfide) groups is 1. The average Bonchev–Trinajstić information content (AvgIpc) is 2.45. The van der Waals surface area contributed by atoms with Crippen LogP contribution in [0.2, 0.25) is 5.02 Å². The maximum Gasteiger partial charge on any atom is 0.150 e. The van der Waals surface area contributed by atoms with Gasteiger partial charge in [0, 0.05) is 28.0 Å². The Balaban J connectivity index is 1.88. The van der Waals surface area contributed by atoms with E-state index < -0.39 is 9.84 Å². The van der Waals surface area contributed by atoms with E-state index in [9.17, 15) is 8.42 Å². The van der Waals surface area contributed by atoms with Crippen molar-refractivity contribution in [2.24, 2.45) is 11.7 Å². The van der Waals surface area contributed by atoms with Crippen LogP contribution in [0.4, 0.5) is 0 Å². The van der Waals surface area contributed by atoms with Gasteiger partial charge in [0.05, 0.1) is 5.25 Å². The fourth-order valence-electron chi connectivity index (χ4n) is 2.82. The number of rotatable bonds is 5. The molecule has 1 aliphatic carbocycles. The topological polar surface area (TPSA) is 60.2 Å². The molecule has 1 aromatic rings. The third-order valence-corrected chi connectivity index (χ3v) is 7.18. The number of sulfone groups is 1. The summed E-state index contributed by atoms with van der Waals surface area (Å²) in [7, 11) is -2.94. The van der Waals surface area contributed by atoms with E-state index in [1.54, 1.807) is 11.8 Å². The van der Waals surface area contributed by atoms with Crippen molar-refractivity contribution >= 4 is 33.2 Å². The second-order valence-corrected chi connectivity index (χ2v) is 9.66. The molecule has 118 valence electrons. The summed E-state index contributed by atoms with van der Waals surface area (Å²) in [6, 6.07) is 7.75. The molecule has 0 spiro atoms. The van der Waals surface area contributed by atoms with Gasteiger partial charge in [-0.1, -0.05) is 18.0 Å². The van der Waals surface area contributed by atoms with Crippen LogP contribution < -0.4 is 5.73 Å². The first kappa shape index (κ1) is 17.1. The van der Waals surface area contributed by atoms with Gasteiger partial charge < -0.3 is 5.73 Å². The Kier molecular flexibility index (Phi) is 6.00. The molecule has 2 rings (SSSR count). The van der Waals surface area contributed by atoms with Crippen LogP contribution in [-0.4, -0.2) is 31.7 Å². The minimum atomic E-state index is -2.94. The van der Waals surface area contributed by atoms with E-state index >= 15 is 0 Å². The Bertz CT molecular complexity index is 560. The molecule has 1 aliphatic rings. The molecule has 0 amide bonds. The molecule has 2 N–H and O–H groups in total. The summed E-state index contributed by atoms with van der Waals surface area (Å²) in [4.78, 5) is 1.14. The molecule has 3 atom stereocenters. The minimum absolute atomic E-state index is 0.0372. The zero-order valence-electron chi connectivity index (χ0n) is 12.2. The van der Waals surface area contributed by atoms with Crippen molar-refractivity contribution in [2.75, 3.05) is 12.0 Å². The van der Waals surface area contributed by atoms with Gasteiger partial charge in [0.1, 0.15) is 9.84 Å². The maximum absolute atomic E-state index is 11.7. The molecule has 0 aromatic heterocycles. The number of halogens is 1. The molecule has 3 unspecified atom stereocenters. The monoisotopic (exact) mass is 347 g/mol. The third kappa shape index (κ3) is 5.16. The Morgan fingerprint density at radius 3 is 2.62 bits per heavy atom. The van der Waals surface area contributed by atoms with Crippen LogP contribution in [-0.2, 0) is 9.84 Å². The summed E-state index contributed by atoms with van der Waals surface area (Å²) < 4.78 is 23.4. The van der Waals surface area contributed by atoms with Crippen LogP contribution in [0.15, 0.2) is 29.2 Å². The third-order valence-electron chi connectivity index (χ3n) is 4.13. The summed E-state index contributed by atoms with van der Waals surface area (Å²) in [5, 5.41) is 0.523. The SMILES string of the molecule is CS(=O)(=O)C1CCCC(C(N)CSc2ccc(Cl)cc2)C1. The average molecular weight is 348 g/mol. The molecule has 6 heteroatoms. The normalized spacial score (nSPS) is 24.7. The molecule has 0 saturated heterocycles. The van der Waals surface area contributed by atoms with Crippen LogP contribution in [0, 0.1) is 5.92 Å². The van der Waals surface area contributed by atoms with Crippen molar-refractivity contribution in [3.63, 3.8) is 0 Å². The van der Waals surface area contributed by atoms with Crippen molar-refractivity contribution in [2.45, 2.75) is 41.9 Å². The number of hydrogen-bond acceptors (Lipinski definition) is 4. The summed E-state index contributed by atoms with van der Waals surface area (Å²) in [6.07, 6.45) is 4.83. The number of hydrogen-bond donors (Lipinski definition) is 1. The Labute approximate surface area is 136 Å². The van der Waals surface area contributed by atoms with Crippen LogP contribution in [0.25, 0.3) is 0 Å². The second-order valence-electron chi connectivity index (χ2n) is 5.81. The standard InChI is InChI=1S/C15H22ClNO2S2/c1-21(18,19)14-4-2-3-11(9-14)15(17)10-20-13-7-5-12(16)6-8-13/h5-8,11,14-15H,2-4,9-10,17H2,1H3. The van der Waals surface area contributed by atoms with Crippen molar-refractivity contribution in [3.05, 3.63) is 29.3 Å². The second kappa shape index (κ2) is 7.36. The highest BCUT2D eigenvalue weighted by Gasteiger charge is 2.31. The van der Waals surface area contributed by atoms with Crippen LogP contribution >= 0.6 is 23.4 Å². The first-order valence-corrected chi connectivity index (χ1v) is 10.5. The highest BCUT2D eigenvalue weighted by molar-refractivity contribution is 7.99. The molecule has 21 heavy (non-hydrogen) atoms. The quantitative estimate of drug-likeness (QED) is 0.829. The van der Waals surface area contributed by atoms with Crippen LogP contribution in [0.1, 0.15) is 25.7 Å². The Morgan fingerprint density at radius 1 is 1.33 bits per heavy atom. The summed E-state index contributed by atoms with van der Waals surface area (Å²) >= 11 is 7.57. The first-order chi connectivity index (χ1) is 9.86. The highest BCUT2D eigenvalue weighted by atomic mass is 35.5. The fourth-order valence-corrected chi connectivity index (χ4v) is 5.12. The van der Waals surface area contributed by atoms with E-state index in [2.05, 4.69) is 0 Å². The van der Waals surface area contributed by atoms with Crippen LogP contribution in [0.3, 0.4) is 0 Å². The van der Waals surface area contributed by atoms with Gasteiger partial charge in [0.15, 0.2) is 0 Å². The fraction of sp³-hybridized carbons (Fsp3) is 0.600. The molecular weight excluding hydrogens is 326 g/mol. The Hall–Kier alpha value is -0.230. The minimum Gasteiger partial charge on any atom is -0.327 e. The lowest BCUT2D eigenvalue weighted by Crippen LogP contribution is -2.39. The van der Waals surface area contributed by atoms with Gasteiger partial charge in [-0.2, -0.15) is 0 Å². The molecule has 0 radical (unpaired) electrons. The lowest BCUT2D eigenvalue weighted by atomic mass is 9.84. The molecule has 0 bridgehead atoms. The number of nitrogens with two attached hydrogens (primary N) is 1. The number of benzene rings is 1. The zero-order valence-corrected chi connectivity index (χ0v) is 14.6. The van der Waals surface area contributed by atoms with Crippen LogP contribution in [0.5, 0.6) is 0 Å². The van der Waals surface area contributed by atoms with Gasteiger partial charge >= 0.3 is 0 Å². The lowest BCUT2D eigenvalue weighted by Gasteiger charge is -2.31. The van der Waals surface area contributed by atoms with Gasteiger partial charge in [0.25, 0.3) is 0 Å². The highest BCUT2D eigenvalue weighted by Crippen LogP contribution is 2.32. The van der Waals surface area contributed by atoms with Gasteiger partial charge in [-0.05, 0) is 49.4 Å². The molecular formula is C15H22ClNO2S2. The summed E-state index contributed by atoms with van der Waals surface area (Å²) in [5.41, 5.74) is 6.29. The van der Waals surface area contributed by atoms with E-state index in [1.165, 1.54) is 6.26 Å². The predicted molar refractivity (Wildman–Crippen MR) is 90.7 cm³/mol. The predicted octanol–water partition coefficient (Wildman–Crippen LogP) is 3.36.